The molecule has 1 aliphatic carbocycles. The molecular formula is C16H30O. The standard InChI is InChI=1S/C16H30O/c1-5-7-15(17)11-13-8-6-9-14(10-13)12-16(2,3)4/h13-14H,5-12H2,1-4H3/t13-,14+/m0/s1. The van der Waals surface area contributed by atoms with Crippen LogP contribution in [0.3, 0.4) is 0 Å². The molecule has 1 aliphatic rings. The zero-order chi connectivity index (χ0) is 12.9. The average molecular weight is 238 g/mol. The van der Waals surface area contributed by atoms with Gasteiger partial charge in [-0.15, -0.1) is 0 Å². The Bertz CT molecular complexity index is 236. The Balaban J connectivity index is 2.36. The van der Waals surface area contributed by atoms with E-state index < -0.39 is 0 Å². The van der Waals surface area contributed by atoms with E-state index >= 15 is 0 Å². The van der Waals surface area contributed by atoms with Crippen LogP contribution >= 0.6 is 0 Å². The van der Waals surface area contributed by atoms with E-state index in [4.69, 9.17) is 0 Å². The summed E-state index contributed by atoms with van der Waals surface area (Å²) in [5.41, 5.74) is 0.444. The lowest BCUT2D eigenvalue weighted by Crippen LogP contribution is -2.22. The van der Waals surface area contributed by atoms with Gasteiger partial charge in [0.05, 0.1) is 0 Å². The van der Waals surface area contributed by atoms with Crippen LogP contribution in [0.5, 0.6) is 0 Å². The summed E-state index contributed by atoms with van der Waals surface area (Å²) in [4.78, 5) is 11.7. The van der Waals surface area contributed by atoms with Crippen LogP contribution in [0.15, 0.2) is 0 Å². The van der Waals surface area contributed by atoms with E-state index in [0.717, 1.165) is 25.2 Å². The summed E-state index contributed by atoms with van der Waals surface area (Å²) in [6, 6.07) is 0. The Kier molecular flexibility index (Phi) is 5.69. The maximum atomic E-state index is 11.7. The van der Waals surface area contributed by atoms with Gasteiger partial charge in [-0.05, 0) is 36.5 Å². The maximum Gasteiger partial charge on any atom is 0.133 e. The van der Waals surface area contributed by atoms with Crippen molar-refractivity contribution in [2.45, 2.75) is 79.1 Å². The minimum atomic E-state index is 0.444. The fourth-order valence-electron chi connectivity index (χ4n) is 3.34. The Hall–Kier alpha value is -0.330. The third kappa shape index (κ3) is 6.24. The number of carbonyl (C=O) groups excluding carboxylic acids is 1. The largest absolute Gasteiger partial charge is 0.300 e. The monoisotopic (exact) mass is 238 g/mol. The van der Waals surface area contributed by atoms with Crippen LogP contribution in [0, 0.1) is 17.3 Å². The third-order valence-corrected chi connectivity index (χ3v) is 3.84. The van der Waals surface area contributed by atoms with E-state index in [2.05, 4.69) is 27.7 Å². The van der Waals surface area contributed by atoms with Gasteiger partial charge in [0.1, 0.15) is 5.78 Å². The van der Waals surface area contributed by atoms with Gasteiger partial charge in [-0.2, -0.15) is 0 Å². The van der Waals surface area contributed by atoms with Crippen molar-refractivity contribution in [3.8, 4) is 0 Å². The van der Waals surface area contributed by atoms with Crippen LogP contribution in [0.4, 0.5) is 0 Å². The molecule has 0 saturated heterocycles. The molecule has 1 saturated carbocycles. The Morgan fingerprint density at radius 2 is 1.82 bits per heavy atom. The van der Waals surface area contributed by atoms with Crippen molar-refractivity contribution >= 4 is 5.78 Å². The summed E-state index contributed by atoms with van der Waals surface area (Å²) in [6.07, 6.45) is 9.29. The molecule has 0 aromatic heterocycles. The number of rotatable bonds is 5. The normalized spacial score (nSPS) is 25.9. The Morgan fingerprint density at radius 3 is 2.41 bits per heavy atom. The number of carbonyl (C=O) groups is 1. The minimum absolute atomic E-state index is 0.444. The lowest BCUT2D eigenvalue weighted by molar-refractivity contribution is -0.120. The van der Waals surface area contributed by atoms with Crippen molar-refractivity contribution in [1.82, 2.24) is 0 Å². The van der Waals surface area contributed by atoms with Gasteiger partial charge in [0.2, 0.25) is 0 Å². The molecular weight excluding hydrogens is 208 g/mol. The molecule has 1 rings (SSSR count). The molecule has 0 unspecified atom stereocenters. The third-order valence-electron chi connectivity index (χ3n) is 3.84. The zero-order valence-electron chi connectivity index (χ0n) is 12.2. The second kappa shape index (κ2) is 6.56. The molecule has 17 heavy (non-hydrogen) atoms. The Morgan fingerprint density at radius 1 is 1.18 bits per heavy atom. The molecule has 1 nitrogen and oxygen atoms in total. The number of hydrogen-bond acceptors (Lipinski definition) is 1. The second-order valence-corrected chi connectivity index (χ2v) is 7.16. The molecule has 100 valence electrons. The topological polar surface area (TPSA) is 17.1 Å². The van der Waals surface area contributed by atoms with E-state index in [1.165, 1.54) is 32.1 Å². The highest BCUT2D eigenvalue weighted by Gasteiger charge is 2.26. The first kappa shape index (κ1) is 14.7. The van der Waals surface area contributed by atoms with Crippen molar-refractivity contribution < 1.29 is 4.79 Å². The van der Waals surface area contributed by atoms with Crippen LogP contribution in [0.2, 0.25) is 0 Å². The highest BCUT2D eigenvalue weighted by atomic mass is 16.1. The summed E-state index contributed by atoms with van der Waals surface area (Å²) in [5.74, 6) is 2.05. The summed E-state index contributed by atoms with van der Waals surface area (Å²) in [6.45, 7) is 9.09. The fourth-order valence-corrected chi connectivity index (χ4v) is 3.34. The van der Waals surface area contributed by atoms with E-state index in [0.29, 0.717) is 17.1 Å². The summed E-state index contributed by atoms with van der Waals surface area (Å²) >= 11 is 0. The molecule has 1 heteroatoms. The van der Waals surface area contributed by atoms with Gasteiger partial charge in [0, 0.05) is 12.8 Å². The van der Waals surface area contributed by atoms with Crippen molar-refractivity contribution in [3.05, 3.63) is 0 Å². The molecule has 0 aromatic rings. The van der Waals surface area contributed by atoms with Gasteiger partial charge in [0.15, 0.2) is 0 Å². The van der Waals surface area contributed by atoms with Crippen LogP contribution < -0.4 is 0 Å². The number of hydrogen-bond donors (Lipinski definition) is 0. The molecule has 0 bridgehead atoms. The number of Topliss-reactive ketones (excluding diaryl/α,β-unsaturated/α-hetero) is 1. The SMILES string of the molecule is CCCC(=O)C[C@H]1CCC[C@@H](CC(C)(C)C)C1. The molecule has 0 aliphatic heterocycles. The molecule has 0 heterocycles. The lowest BCUT2D eigenvalue weighted by Gasteiger charge is -2.33. The van der Waals surface area contributed by atoms with Crippen LogP contribution in [-0.2, 0) is 4.79 Å². The summed E-state index contributed by atoms with van der Waals surface area (Å²) < 4.78 is 0. The number of ketones is 1. The first-order valence-electron chi connectivity index (χ1n) is 7.42. The molecule has 0 radical (unpaired) electrons. The zero-order valence-corrected chi connectivity index (χ0v) is 12.2. The molecule has 1 fully saturated rings. The van der Waals surface area contributed by atoms with E-state index in [-0.39, 0.29) is 0 Å². The Labute approximate surface area is 107 Å². The summed E-state index contributed by atoms with van der Waals surface area (Å²) in [7, 11) is 0. The van der Waals surface area contributed by atoms with E-state index in [9.17, 15) is 4.79 Å². The second-order valence-electron chi connectivity index (χ2n) is 7.16. The van der Waals surface area contributed by atoms with E-state index in [1.54, 1.807) is 0 Å². The van der Waals surface area contributed by atoms with Gasteiger partial charge in [0.25, 0.3) is 0 Å². The van der Waals surface area contributed by atoms with Crippen LogP contribution in [0.1, 0.15) is 79.1 Å². The average Bonchev–Trinajstić information content (AvgIpc) is 2.15. The van der Waals surface area contributed by atoms with Crippen LogP contribution in [-0.4, -0.2) is 5.78 Å². The minimum Gasteiger partial charge on any atom is -0.300 e. The first-order chi connectivity index (χ1) is 7.90. The molecule has 2 atom stereocenters. The predicted octanol–water partition coefficient (Wildman–Crippen LogP) is 4.99. The van der Waals surface area contributed by atoms with Gasteiger partial charge in [-0.25, -0.2) is 0 Å². The molecule has 0 spiro atoms. The van der Waals surface area contributed by atoms with Crippen molar-refractivity contribution in [2.75, 3.05) is 0 Å². The van der Waals surface area contributed by atoms with Gasteiger partial charge >= 0.3 is 0 Å². The predicted molar refractivity (Wildman–Crippen MR) is 74.1 cm³/mol. The molecule has 0 N–H and O–H groups in total. The smallest absolute Gasteiger partial charge is 0.133 e. The fraction of sp³-hybridized carbons (Fsp3) is 0.938. The van der Waals surface area contributed by atoms with Gasteiger partial charge in [-0.1, -0.05) is 47.0 Å². The van der Waals surface area contributed by atoms with E-state index in [1.807, 2.05) is 0 Å². The van der Waals surface area contributed by atoms with Gasteiger partial charge in [-0.3, -0.25) is 4.79 Å². The van der Waals surface area contributed by atoms with Crippen molar-refractivity contribution in [3.63, 3.8) is 0 Å². The summed E-state index contributed by atoms with van der Waals surface area (Å²) in [5, 5.41) is 0. The first-order valence-corrected chi connectivity index (χ1v) is 7.42. The van der Waals surface area contributed by atoms with Crippen molar-refractivity contribution in [1.29, 1.82) is 0 Å². The highest BCUT2D eigenvalue weighted by molar-refractivity contribution is 5.78. The quantitative estimate of drug-likeness (QED) is 0.659. The molecule has 0 aromatic carbocycles. The van der Waals surface area contributed by atoms with Crippen LogP contribution in [0.25, 0.3) is 0 Å². The lowest BCUT2D eigenvalue weighted by atomic mass is 9.73. The van der Waals surface area contributed by atoms with Crippen molar-refractivity contribution in [2.24, 2.45) is 17.3 Å². The molecule has 0 amide bonds. The van der Waals surface area contributed by atoms with Gasteiger partial charge < -0.3 is 0 Å². The highest BCUT2D eigenvalue weighted by Crippen LogP contribution is 2.38. The maximum absolute atomic E-state index is 11.7.